The van der Waals surface area contributed by atoms with Crippen LogP contribution in [0.15, 0.2) is 88.7 Å². The molecule has 0 unspecified atom stereocenters. The summed E-state index contributed by atoms with van der Waals surface area (Å²) in [5.41, 5.74) is 0.974. The van der Waals surface area contributed by atoms with Crippen molar-refractivity contribution in [3.05, 3.63) is 101 Å². The van der Waals surface area contributed by atoms with E-state index < -0.39 is 9.84 Å². The lowest BCUT2D eigenvalue weighted by molar-refractivity contribution is 0.300. The molecule has 0 saturated carbocycles. The number of nitriles is 1. The number of nitrogens with zero attached hydrogens (tertiary/aromatic N) is 1. The molecule has 4 nitrogen and oxygen atoms in total. The SMILES string of the molecule is N#C/C(=C\c1ccc(OCc2ccccc2F)cc1)S(=O)(=O)c1ccccc1. The molecule has 0 fully saturated rings. The number of ether oxygens (including phenoxy) is 1. The second-order valence-electron chi connectivity index (χ2n) is 5.89. The van der Waals surface area contributed by atoms with Gasteiger partial charge in [-0.05, 0) is 42.0 Å². The number of hydrogen-bond donors (Lipinski definition) is 0. The van der Waals surface area contributed by atoms with Gasteiger partial charge in [-0.15, -0.1) is 0 Å². The Morgan fingerprint density at radius 1 is 0.964 bits per heavy atom. The third-order valence-electron chi connectivity index (χ3n) is 3.98. The summed E-state index contributed by atoms with van der Waals surface area (Å²) < 4.78 is 44.3. The predicted octanol–water partition coefficient (Wildman–Crippen LogP) is 4.74. The first-order chi connectivity index (χ1) is 13.5. The van der Waals surface area contributed by atoms with Crippen molar-refractivity contribution >= 4 is 15.9 Å². The van der Waals surface area contributed by atoms with Crippen LogP contribution in [0.4, 0.5) is 4.39 Å². The summed E-state index contributed by atoms with van der Waals surface area (Å²) >= 11 is 0. The van der Waals surface area contributed by atoms with E-state index in [1.54, 1.807) is 66.7 Å². The van der Waals surface area contributed by atoms with Gasteiger partial charge in [-0.1, -0.05) is 48.5 Å². The van der Waals surface area contributed by atoms with Crippen LogP contribution in [0.25, 0.3) is 6.08 Å². The maximum absolute atomic E-state index is 13.6. The van der Waals surface area contributed by atoms with Gasteiger partial charge in [-0.3, -0.25) is 0 Å². The predicted molar refractivity (Wildman–Crippen MR) is 104 cm³/mol. The average molecular weight is 393 g/mol. The Labute approximate surface area is 163 Å². The van der Waals surface area contributed by atoms with Crippen LogP contribution >= 0.6 is 0 Å². The maximum atomic E-state index is 13.6. The lowest BCUT2D eigenvalue weighted by Crippen LogP contribution is -2.03. The van der Waals surface area contributed by atoms with Gasteiger partial charge in [0, 0.05) is 5.56 Å². The van der Waals surface area contributed by atoms with Crippen LogP contribution in [0.3, 0.4) is 0 Å². The van der Waals surface area contributed by atoms with Crippen molar-refractivity contribution in [3.63, 3.8) is 0 Å². The lowest BCUT2D eigenvalue weighted by Gasteiger charge is -2.07. The van der Waals surface area contributed by atoms with Gasteiger partial charge in [0.25, 0.3) is 0 Å². The summed E-state index contributed by atoms with van der Waals surface area (Å²) in [5.74, 6) is 0.164. The molecule has 0 bridgehead atoms. The minimum atomic E-state index is -3.88. The number of rotatable bonds is 6. The van der Waals surface area contributed by atoms with E-state index in [1.807, 2.05) is 0 Å². The summed E-state index contributed by atoms with van der Waals surface area (Å²) in [6.45, 7) is 0.0771. The van der Waals surface area contributed by atoms with Crippen molar-refractivity contribution in [1.82, 2.24) is 0 Å². The molecular weight excluding hydrogens is 377 g/mol. The van der Waals surface area contributed by atoms with Crippen LogP contribution in [0, 0.1) is 17.1 Å². The Kier molecular flexibility index (Phi) is 5.87. The van der Waals surface area contributed by atoms with Crippen molar-refractivity contribution in [2.24, 2.45) is 0 Å². The zero-order valence-electron chi connectivity index (χ0n) is 14.7. The second kappa shape index (κ2) is 8.51. The van der Waals surface area contributed by atoms with Crippen LogP contribution in [-0.2, 0) is 16.4 Å². The van der Waals surface area contributed by atoms with E-state index in [2.05, 4.69) is 0 Å². The van der Waals surface area contributed by atoms with Gasteiger partial charge < -0.3 is 4.74 Å². The average Bonchev–Trinajstić information content (AvgIpc) is 2.73. The standard InChI is InChI=1S/C22H16FNO3S/c23-22-9-5-4-6-18(22)16-27-19-12-10-17(11-13-19)14-21(15-24)28(25,26)20-7-2-1-3-8-20/h1-14H,16H2/b21-14+. The third kappa shape index (κ3) is 4.45. The molecule has 0 saturated heterocycles. The fraction of sp³-hybridized carbons (Fsp3) is 0.0455. The first-order valence-electron chi connectivity index (χ1n) is 8.39. The Balaban J connectivity index is 1.77. The second-order valence-corrected chi connectivity index (χ2v) is 7.80. The fourth-order valence-corrected chi connectivity index (χ4v) is 3.67. The number of sulfone groups is 1. The van der Waals surface area contributed by atoms with Gasteiger partial charge in [0.15, 0.2) is 0 Å². The van der Waals surface area contributed by atoms with E-state index in [9.17, 15) is 18.1 Å². The first-order valence-corrected chi connectivity index (χ1v) is 9.87. The molecule has 0 radical (unpaired) electrons. The van der Waals surface area contributed by atoms with E-state index in [4.69, 9.17) is 4.74 Å². The Hall–Kier alpha value is -3.43. The number of allylic oxidation sites excluding steroid dienone is 1. The van der Waals surface area contributed by atoms with Gasteiger partial charge in [-0.25, -0.2) is 12.8 Å². The highest BCUT2D eigenvalue weighted by atomic mass is 32.2. The molecule has 0 heterocycles. The topological polar surface area (TPSA) is 67.2 Å². The molecule has 0 aliphatic rings. The van der Waals surface area contributed by atoms with E-state index in [0.717, 1.165) is 0 Å². The molecule has 0 aromatic heterocycles. The molecule has 0 aliphatic heterocycles. The molecule has 140 valence electrons. The van der Waals surface area contributed by atoms with Crippen LogP contribution in [0.5, 0.6) is 5.75 Å². The van der Waals surface area contributed by atoms with E-state index in [0.29, 0.717) is 16.9 Å². The quantitative estimate of drug-likeness (QED) is 0.567. The molecule has 0 aliphatic carbocycles. The Morgan fingerprint density at radius 3 is 2.25 bits per heavy atom. The molecule has 3 rings (SSSR count). The zero-order chi connectivity index (χ0) is 20.0. The van der Waals surface area contributed by atoms with Crippen molar-refractivity contribution in [2.45, 2.75) is 11.5 Å². The summed E-state index contributed by atoms with van der Waals surface area (Å²) in [6, 6.07) is 22.4. The van der Waals surface area contributed by atoms with Crippen LogP contribution in [-0.4, -0.2) is 8.42 Å². The molecule has 0 N–H and O–H groups in total. The molecule has 6 heteroatoms. The number of halogens is 1. The Bertz CT molecular complexity index is 1130. The van der Waals surface area contributed by atoms with Crippen molar-refractivity contribution in [1.29, 1.82) is 5.26 Å². The number of benzene rings is 3. The molecule has 0 spiro atoms. The molecule has 0 atom stereocenters. The first kappa shape index (κ1) is 19.3. The van der Waals surface area contributed by atoms with E-state index in [1.165, 1.54) is 24.3 Å². The van der Waals surface area contributed by atoms with E-state index >= 15 is 0 Å². The van der Waals surface area contributed by atoms with Crippen LogP contribution in [0.1, 0.15) is 11.1 Å². The zero-order valence-corrected chi connectivity index (χ0v) is 15.6. The highest BCUT2D eigenvalue weighted by Gasteiger charge is 2.20. The minimum Gasteiger partial charge on any atom is -0.489 e. The smallest absolute Gasteiger partial charge is 0.216 e. The van der Waals surface area contributed by atoms with Gasteiger partial charge in [0.1, 0.15) is 29.1 Å². The highest BCUT2D eigenvalue weighted by molar-refractivity contribution is 7.95. The normalized spacial score (nSPS) is 11.6. The van der Waals surface area contributed by atoms with Gasteiger partial charge in [0.05, 0.1) is 4.90 Å². The van der Waals surface area contributed by atoms with Crippen molar-refractivity contribution in [3.8, 4) is 11.8 Å². The van der Waals surface area contributed by atoms with Crippen LogP contribution < -0.4 is 4.74 Å². The summed E-state index contributed by atoms with van der Waals surface area (Å²) in [5, 5.41) is 9.32. The van der Waals surface area contributed by atoms with Gasteiger partial charge in [0.2, 0.25) is 9.84 Å². The lowest BCUT2D eigenvalue weighted by atomic mass is 10.2. The largest absolute Gasteiger partial charge is 0.489 e. The van der Waals surface area contributed by atoms with Gasteiger partial charge in [-0.2, -0.15) is 5.26 Å². The van der Waals surface area contributed by atoms with Gasteiger partial charge >= 0.3 is 0 Å². The van der Waals surface area contributed by atoms with Crippen molar-refractivity contribution < 1.29 is 17.5 Å². The monoisotopic (exact) mass is 393 g/mol. The van der Waals surface area contributed by atoms with E-state index in [-0.39, 0.29) is 22.2 Å². The summed E-state index contributed by atoms with van der Waals surface area (Å²) in [6.07, 6.45) is 1.31. The van der Waals surface area contributed by atoms with Crippen molar-refractivity contribution in [2.75, 3.05) is 0 Å². The summed E-state index contributed by atoms with van der Waals surface area (Å²) in [7, 11) is -3.88. The summed E-state index contributed by atoms with van der Waals surface area (Å²) in [4.78, 5) is -0.286. The minimum absolute atomic E-state index is 0.0626. The fourth-order valence-electron chi connectivity index (χ4n) is 2.48. The third-order valence-corrected chi connectivity index (χ3v) is 5.66. The molecule has 3 aromatic rings. The molecule has 3 aromatic carbocycles. The molecule has 28 heavy (non-hydrogen) atoms. The van der Waals surface area contributed by atoms with Crippen LogP contribution in [0.2, 0.25) is 0 Å². The number of hydrogen-bond acceptors (Lipinski definition) is 4. The molecular formula is C22H16FNO3S. The highest BCUT2D eigenvalue weighted by Crippen LogP contribution is 2.22. The Morgan fingerprint density at radius 2 is 1.61 bits per heavy atom. The molecule has 0 amide bonds. The maximum Gasteiger partial charge on any atom is 0.216 e.